The maximum absolute atomic E-state index is 11.9. The van der Waals surface area contributed by atoms with Gasteiger partial charge in [-0.3, -0.25) is 0 Å². The first-order valence-electron chi connectivity index (χ1n) is 8.73. The van der Waals surface area contributed by atoms with Crippen LogP contribution in [0.3, 0.4) is 0 Å². The molecule has 7 heteroatoms. The highest BCUT2D eigenvalue weighted by atomic mass is 35.5. The third-order valence-electron chi connectivity index (χ3n) is 5.11. The van der Waals surface area contributed by atoms with Gasteiger partial charge in [0.25, 0.3) is 0 Å². The van der Waals surface area contributed by atoms with Gasteiger partial charge in [0.15, 0.2) is 0 Å². The molecule has 0 bridgehead atoms. The third-order valence-corrected chi connectivity index (χ3v) is 5.41. The summed E-state index contributed by atoms with van der Waals surface area (Å²) in [6.07, 6.45) is 1.67. The molecular weight excluding hydrogens is 382 g/mol. The quantitative estimate of drug-likeness (QED) is 0.663. The van der Waals surface area contributed by atoms with Gasteiger partial charge in [-0.05, 0) is 36.6 Å². The number of hydrogen-bond donors (Lipinski definition) is 3. The van der Waals surface area contributed by atoms with Gasteiger partial charge in [0.2, 0.25) is 0 Å². The minimum absolute atomic E-state index is 0.0653. The van der Waals surface area contributed by atoms with Crippen LogP contribution in [0, 0.1) is 5.41 Å². The van der Waals surface area contributed by atoms with E-state index in [2.05, 4.69) is 0 Å². The fraction of sp³-hybridized carbons (Fsp3) is 0.238. The number of fused-ring (bicyclic) bond motifs is 1. The van der Waals surface area contributed by atoms with E-state index in [9.17, 15) is 24.9 Å². The first-order chi connectivity index (χ1) is 13.2. The van der Waals surface area contributed by atoms with Crippen LogP contribution in [0.15, 0.2) is 54.1 Å². The molecule has 146 valence electrons. The molecule has 2 aromatic carbocycles. The Morgan fingerprint density at radius 1 is 1.18 bits per heavy atom. The number of anilines is 2. The SMILES string of the molecule is CC1(C(=CC(=O)O)C(=O)O)CCc2cc(Cl)c(O)cc2N(c2ccccc2)C1. The van der Waals surface area contributed by atoms with Crippen molar-refractivity contribution in [1.29, 1.82) is 0 Å². The molecule has 0 spiro atoms. The molecule has 3 rings (SSSR count). The number of carboxylic acid groups (broad SMARTS) is 2. The molecule has 1 aliphatic heterocycles. The summed E-state index contributed by atoms with van der Waals surface area (Å²) in [6, 6.07) is 12.6. The van der Waals surface area contributed by atoms with Crippen molar-refractivity contribution < 1.29 is 24.9 Å². The first-order valence-corrected chi connectivity index (χ1v) is 9.11. The van der Waals surface area contributed by atoms with Crippen molar-refractivity contribution in [2.75, 3.05) is 11.4 Å². The minimum atomic E-state index is -1.30. The first kappa shape index (κ1) is 19.8. The average Bonchev–Trinajstić information content (AvgIpc) is 2.78. The van der Waals surface area contributed by atoms with Gasteiger partial charge in [0.05, 0.1) is 10.6 Å². The number of carboxylic acids is 2. The van der Waals surface area contributed by atoms with E-state index < -0.39 is 17.4 Å². The number of phenolic OH excluding ortho intramolecular Hbond substituents is 1. The zero-order chi connectivity index (χ0) is 20.5. The zero-order valence-electron chi connectivity index (χ0n) is 15.2. The summed E-state index contributed by atoms with van der Waals surface area (Å²) in [5.74, 6) is -2.62. The van der Waals surface area contributed by atoms with E-state index in [1.165, 1.54) is 0 Å². The fourth-order valence-electron chi connectivity index (χ4n) is 3.64. The Balaban J connectivity index is 2.18. The number of aromatic hydroxyl groups is 1. The summed E-state index contributed by atoms with van der Waals surface area (Å²) < 4.78 is 0. The highest BCUT2D eigenvalue weighted by Gasteiger charge is 2.39. The third kappa shape index (κ3) is 3.82. The Labute approximate surface area is 167 Å². The predicted molar refractivity (Wildman–Crippen MR) is 106 cm³/mol. The lowest BCUT2D eigenvalue weighted by atomic mass is 9.77. The molecular formula is C21H20ClNO5. The van der Waals surface area contributed by atoms with Crippen molar-refractivity contribution in [3.8, 4) is 5.75 Å². The summed E-state index contributed by atoms with van der Waals surface area (Å²) in [6.45, 7) is 1.98. The number of para-hydroxylation sites is 1. The van der Waals surface area contributed by atoms with Crippen molar-refractivity contribution >= 4 is 34.9 Å². The number of phenols is 1. The van der Waals surface area contributed by atoms with Crippen LogP contribution < -0.4 is 4.90 Å². The predicted octanol–water partition coefficient (Wildman–Crippen LogP) is 4.23. The van der Waals surface area contributed by atoms with Crippen LogP contribution in [-0.4, -0.2) is 33.8 Å². The summed E-state index contributed by atoms with van der Waals surface area (Å²) in [5.41, 5.74) is 1.27. The number of hydrogen-bond acceptors (Lipinski definition) is 4. The largest absolute Gasteiger partial charge is 0.506 e. The van der Waals surface area contributed by atoms with Gasteiger partial charge < -0.3 is 20.2 Å². The van der Waals surface area contributed by atoms with E-state index >= 15 is 0 Å². The monoisotopic (exact) mass is 401 g/mol. The minimum Gasteiger partial charge on any atom is -0.506 e. The standard InChI is InChI=1S/C21H20ClNO5/c1-21(15(20(27)28)10-19(25)26)8-7-13-9-16(22)18(24)11-17(13)23(12-21)14-5-3-2-4-6-14/h2-6,9-11,24H,7-8,12H2,1H3,(H,25,26)(H,27,28). The Bertz CT molecular complexity index is 957. The van der Waals surface area contributed by atoms with Crippen LogP contribution in [0.2, 0.25) is 5.02 Å². The number of halogens is 1. The van der Waals surface area contributed by atoms with Crippen molar-refractivity contribution in [2.45, 2.75) is 19.8 Å². The van der Waals surface area contributed by atoms with Crippen molar-refractivity contribution in [1.82, 2.24) is 0 Å². The normalized spacial score (nSPS) is 19.6. The molecule has 2 aromatic rings. The van der Waals surface area contributed by atoms with E-state index in [0.29, 0.717) is 12.8 Å². The summed E-state index contributed by atoms with van der Waals surface area (Å²) in [7, 11) is 0. The van der Waals surface area contributed by atoms with Gasteiger partial charge in [-0.1, -0.05) is 36.7 Å². The molecule has 1 aliphatic rings. The van der Waals surface area contributed by atoms with Gasteiger partial charge in [0, 0.05) is 35.5 Å². The van der Waals surface area contributed by atoms with E-state index in [1.807, 2.05) is 35.2 Å². The summed E-state index contributed by atoms with van der Waals surface area (Å²) >= 11 is 6.09. The van der Waals surface area contributed by atoms with Crippen LogP contribution in [0.25, 0.3) is 0 Å². The van der Waals surface area contributed by atoms with Gasteiger partial charge >= 0.3 is 11.9 Å². The van der Waals surface area contributed by atoms with Gasteiger partial charge in [-0.2, -0.15) is 0 Å². The highest BCUT2D eigenvalue weighted by molar-refractivity contribution is 6.32. The van der Waals surface area contributed by atoms with Crippen molar-refractivity contribution in [3.63, 3.8) is 0 Å². The average molecular weight is 402 g/mol. The van der Waals surface area contributed by atoms with Crippen LogP contribution in [0.4, 0.5) is 11.4 Å². The lowest BCUT2D eigenvalue weighted by molar-refractivity contribution is -0.136. The zero-order valence-corrected chi connectivity index (χ0v) is 16.0. The summed E-state index contributed by atoms with van der Waals surface area (Å²) in [4.78, 5) is 25.0. The number of aliphatic carboxylic acids is 2. The second kappa shape index (κ2) is 7.56. The molecule has 0 aromatic heterocycles. The number of benzene rings is 2. The number of carbonyl (C=O) groups is 2. The number of aryl methyl sites for hydroxylation is 1. The Kier molecular flexibility index (Phi) is 5.34. The molecule has 0 radical (unpaired) electrons. The fourth-order valence-corrected chi connectivity index (χ4v) is 3.83. The maximum atomic E-state index is 11.9. The van der Waals surface area contributed by atoms with Gasteiger partial charge in [0.1, 0.15) is 5.75 Å². The van der Waals surface area contributed by atoms with E-state index in [4.69, 9.17) is 11.6 Å². The molecule has 1 unspecified atom stereocenters. The molecule has 0 aliphatic carbocycles. The molecule has 0 fully saturated rings. The van der Waals surface area contributed by atoms with Crippen molar-refractivity contribution in [3.05, 3.63) is 64.7 Å². The smallest absolute Gasteiger partial charge is 0.332 e. The van der Waals surface area contributed by atoms with Crippen molar-refractivity contribution in [2.24, 2.45) is 5.41 Å². The Morgan fingerprint density at radius 2 is 1.86 bits per heavy atom. The molecule has 0 saturated carbocycles. The van der Waals surface area contributed by atoms with E-state index in [0.717, 1.165) is 23.0 Å². The van der Waals surface area contributed by atoms with Gasteiger partial charge in [-0.25, -0.2) is 9.59 Å². The molecule has 3 N–H and O–H groups in total. The lowest BCUT2D eigenvalue weighted by Crippen LogP contribution is -2.36. The molecule has 1 atom stereocenters. The maximum Gasteiger partial charge on any atom is 0.332 e. The molecule has 0 saturated heterocycles. The van der Waals surface area contributed by atoms with Crippen LogP contribution in [0.1, 0.15) is 18.9 Å². The van der Waals surface area contributed by atoms with Gasteiger partial charge in [-0.15, -0.1) is 0 Å². The number of nitrogens with zero attached hydrogens (tertiary/aromatic N) is 1. The molecule has 1 heterocycles. The van der Waals surface area contributed by atoms with E-state index in [-0.39, 0.29) is 22.9 Å². The topological polar surface area (TPSA) is 98.1 Å². The lowest BCUT2D eigenvalue weighted by Gasteiger charge is -2.35. The van der Waals surface area contributed by atoms with Crippen LogP contribution in [0.5, 0.6) is 5.75 Å². The second-order valence-corrected chi connectivity index (χ2v) is 7.52. The molecule has 0 amide bonds. The molecule has 28 heavy (non-hydrogen) atoms. The van der Waals surface area contributed by atoms with Crippen LogP contribution >= 0.6 is 11.6 Å². The molecule has 6 nitrogen and oxygen atoms in total. The number of rotatable bonds is 4. The Hall–Kier alpha value is -2.99. The Morgan fingerprint density at radius 3 is 2.46 bits per heavy atom. The van der Waals surface area contributed by atoms with Crippen LogP contribution in [-0.2, 0) is 16.0 Å². The van der Waals surface area contributed by atoms with E-state index in [1.54, 1.807) is 19.1 Å². The summed E-state index contributed by atoms with van der Waals surface area (Å²) in [5, 5.41) is 29.2. The highest BCUT2D eigenvalue weighted by Crippen LogP contribution is 2.45. The second-order valence-electron chi connectivity index (χ2n) is 7.12.